The van der Waals surface area contributed by atoms with Gasteiger partial charge >= 0.3 is 0 Å². The molecule has 1 heterocycles. The van der Waals surface area contributed by atoms with Crippen LogP contribution in [0.4, 0.5) is 0 Å². The Balaban J connectivity index is 2.17. The molecule has 0 aliphatic carbocycles. The van der Waals surface area contributed by atoms with Gasteiger partial charge in [-0.25, -0.2) is 4.98 Å². The van der Waals surface area contributed by atoms with Crippen LogP contribution in [0.3, 0.4) is 0 Å². The van der Waals surface area contributed by atoms with E-state index in [1.54, 1.807) is 18.1 Å². The van der Waals surface area contributed by atoms with E-state index in [0.717, 1.165) is 11.3 Å². The number of rotatable bonds is 3. The minimum Gasteiger partial charge on any atom is -0.334 e. The summed E-state index contributed by atoms with van der Waals surface area (Å²) in [6.45, 7) is 3.84. The Hall–Kier alpha value is -2.23. The highest BCUT2D eigenvalue weighted by molar-refractivity contribution is 5.92. The summed E-state index contributed by atoms with van der Waals surface area (Å²) in [6.07, 6.45) is 3.13. The molecular formula is C15H17N3O. The molecule has 1 aromatic carbocycles. The first-order chi connectivity index (χ1) is 9.09. The van der Waals surface area contributed by atoms with Gasteiger partial charge in [-0.3, -0.25) is 9.78 Å². The Morgan fingerprint density at radius 2 is 1.84 bits per heavy atom. The Labute approximate surface area is 113 Å². The first-order valence-corrected chi connectivity index (χ1v) is 6.20. The molecule has 1 atom stereocenters. The van der Waals surface area contributed by atoms with E-state index in [0.29, 0.717) is 5.69 Å². The summed E-state index contributed by atoms with van der Waals surface area (Å²) in [6, 6.07) is 9.91. The summed E-state index contributed by atoms with van der Waals surface area (Å²) in [4.78, 5) is 22.2. The third kappa shape index (κ3) is 2.96. The lowest BCUT2D eigenvalue weighted by Crippen LogP contribution is -2.30. The molecule has 0 saturated carbocycles. The zero-order valence-corrected chi connectivity index (χ0v) is 11.4. The molecule has 0 saturated heterocycles. The van der Waals surface area contributed by atoms with Crippen molar-refractivity contribution in [2.75, 3.05) is 7.05 Å². The van der Waals surface area contributed by atoms with Gasteiger partial charge in [0.1, 0.15) is 5.69 Å². The van der Waals surface area contributed by atoms with Gasteiger partial charge in [0.15, 0.2) is 0 Å². The molecule has 0 radical (unpaired) electrons. The highest BCUT2D eigenvalue weighted by Crippen LogP contribution is 2.19. The van der Waals surface area contributed by atoms with Crippen molar-refractivity contribution < 1.29 is 4.79 Å². The third-order valence-electron chi connectivity index (χ3n) is 3.18. The third-order valence-corrected chi connectivity index (χ3v) is 3.18. The molecule has 0 bridgehead atoms. The molecule has 0 aliphatic rings. The summed E-state index contributed by atoms with van der Waals surface area (Å²) < 4.78 is 0. The standard InChI is InChI=1S/C15H17N3O/c1-11-9-17-14(10-16-11)15(19)18(3)12(2)13-7-5-4-6-8-13/h4-10,12H,1-3H3. The van der Waals surface area contributed by atoms with Crippen LogP contribution >= 0.6 is 0 Å². The van der Waals surface area contributed by atoms with E-state index in [9.17, 15) is 4.79 Å². The van der Waals surface area contributed by atoms with Gasteiger partial charge in [0.25, 0.3) is 5.91 Å². The van der Waals surface area contributed by atoms with Gasteiger partial charge in [-0.15, -0.1) is 0 Å². The largest absolute Gasteiger partial charge is 0.334 e. The maximum absolute atomic E-state index is 12.3. The molecule has 1 aromatic heterocycles. The molecular weight excluding hydrogens is 238 g/mol. The van der Waals surface area contributed by atoms with Gasteiger partial charge in [0.2, 0.25) is 0 Å². The van der Waals surface area contributed by atoms with Gasteiger partial charge in [0, 0.05) is 13.2 Å². The van der Waals surface area contributed by atoms with Crippen molar-refractivity contribution in [1.82, 2.24) is 14.9 Å². The predicted octanol–water partition coefficient (Wildman–Crippen LogP) is 2.62. The topological polar surface area (TPSA) is 46.1 Å². The van der Waals surface area contributed by atoms with E-state index >= 15 is 0 Å². The minimum absolute atomic E-state index is 0.00296. The molecule has 1 amide bonds. The van der Waals surface area contributed by atoms with Crippen LogP contribution in [0, 0.1) is 6.92 Å². The molecule has 4 heteroatoms. The number of aromatic nitrogens is 2. The highest BCUT2D eigenvalue weighted by Gasteiger charge is 2.19. The van der Waals surface area contributed by atoms with Crippen molar-refractivity contribution in [2.45, 2.75) is 19.9 Å². The zero-order valence-electron chi connectivity index (χ0n) is 11.4. The van der Waals surface area contributed by atoms with Gasteiger partial charge < -0.3 is 4.90 Å². The molecule has 0 spiro atoms. The minimum atomic E-state index is -0.121. The number of nitrogens with zero attached hydrogens (tertiary/aromatic N) is 3. The van der Waals surface area contributed by atoms with Crippen LogP contribution in [0.25, 0.3) is 0 Å². The fraction of sp³-hybridized carbons (Fsp3) is 0.267. The van der Waals surface area contributed by atoms with Gasteiger partial charge in [-0.2, -0.15) is 0 Å². The number of benzene rings is 1. The van der Waals surface area contributed by atoms with E-state index in [-0.39, 0.29) is 11.9 Å². The van der Waals surface area contributed by atoms with E-state index < -0.39 is 0 Å². The Bertz CT molecular complexity index is 551. The maximum atomic E-state index is 12.3. The number of hydrogen-bond acceptors (Lipinski definition) is 3. The lowest BCUT2D eigenvalue weighted by Gasteiger charge is -2.24. The van der Waals surface area contributed by atoms with E-state index in [1.165, 1.54) is 6.20 Å². The molecule has 0 fully saturated rings. The first-order valence-electron chi connectivity index (χ1n) is 6.20. The second-order valence-electron chi connectivity index (χ2n) is 4.55. The Kier molecular flexibility index (Phi) is 3.90. The molecule has 2 rings (SSSR count). The van der Waals surface area contributed by atoms with E-state index in [2.05, 4.69) is 9.97 Å². The maximum Gasteiger partial charge on any atom is 0.274 e. The lowest BCUT2D eigenvalue weighted by atomic mass is 10.1. The summed E-state index contributed by atoms with van der Waals surface area (Å²) >= 11 is 0. The number of carbonyl (C=O) groups excluding carboxylic acids is 1. The van der Waals surface area contributed by atoms with Gasteiger partial charge in [-0.05, 0) is 19.4 Å². The van der Waals surface area contributed by atoms with Crippen LogP contribution in [-0.4, -0.2) is 27.8 Å². The SMILES string of the molecule is Cc1cnc(C(=O)N(C)C(C)c2ccccc2)cn1. The van der Waals surface area contributed by atoms with Crippen molar-refractivity contribution in [2.24, 2.45) is 0 Å². The molecule has 19 heavy (non-hydrogen) atoms. The molecule has 4 nitrogen and oxygen atoms in total. The number of hydrogen-bond donors (Lipinski definition) is 0. The molecule has 98 valence electrons. The fourth-order valence-electron chi connectivity index (χ4n) is 1.81. The number of amides is 1. The smallest absolute Gasteiger partial charge is 0.274 e. The van der Waals surface area contributed by atoms with Gasteiger partial charge in [0.05, 0.1) is 17.9 Å². The predicted molar refractivity (Wildman–Crippen MR) is 73.7 cm³/mol. The number of aryl methyl sites for hydroxylation is 1. The Morgan fingerprint density at radius 1 is 1.16 bits per heavy atom. The normalized spacial score (nSPS) is 11.9. The van der Waals surface area contributed by atoms with Gasteiger partial charge in [-0.1, -0.05) is 30.3 Å². The number of carbonyl (C=O) groups is 1. The van der Waals surface area contributed by atoms with E-state index in [1.807, 2.05) is 44.2 Å². The van der Waals surface area contributed by atoms with Crippen LogP contribution in [0.2, 0.25) is 0 Å². The van der Waals surface area contributed by atoms with Crippen LogP contribution in [-0.2, 0) is 0 Å². The lowest BCUT2D eigenvalue weighted by molar-refractivity contribution is 0.0736. The summed E-state index contributed by atoms with van der Waals surface area (Å²) in [5, 5.41) is 0. The second kappa shape index (κ2) is 5.61. The fourth-order valence-corrected chi connectivity index (χ4v) is 1.81. The average Bonchev–Trinajstić information content (AvgIpc) is 2.46. The molecule has 0 N–H and O–H groups in total. The van der Waals surface area contributed by atoms with Crippen LogP contribution in [0.1, 0.15) is 34.7 Å². The van der Waals surface area contributed by atoms with Crippen molar-refractivity contribution in [3.8, 4) is 0 Å². The van der Waals surface area contributed by atoms with E-state index in [4.69, 9.17) is 0 Å². The van der Waals surface area contributed by atoms with Crippen LogP contribution in [0.15, 0.2) is 42.7 Å². The van der Waals surface area contributed by atoms with Crippen molar-refractivity contribution in [1.29, 1.82) is 0 Å². The molecule has 0 aliphatic heterocycles. The first kappa shape index (κ1) is 13.2. The zero-order chi connectivity index (χ0) is 13.8. The quantitative estimate of drug-likeness (QED) is 0.847. The average molecular weight is 255 g/mol. The Morgan fingerprint density at radius 3 is 2.42 bits per heavy atom. The molecule has 2 aromatic rings. The summed E-state index contributed by atoms with van der Waals surface area (Å²) in [5.74, 6) is -0.121. The monoisotopic (exact) mass is 255 g/mol. The van der Waals surface area contributed by atoms with Crippen molar-refractivity contribution in [3.63, 3.8) is 0 Å². The molecule has 1 unspecified atom stereocenters. The highest BCUT2D eigenvalue weighted by atomic mass is 16.2. The van der Waals surface area contributed by atoms with Crippen molar-refractivity contribution in [3.05, 3.63) is 59.7 Å². The summed E-state index contributed by atoms with van der Waals surface area (Å²) in [5.41, 5.74) is 2.27. The second-order valence-corrected chi connectivity index (χ2v) is 4.55. The van der Waals surface area contributed by atoms with Crippen molar-refractivity contribution >= 4 is 5.91 Å². The summed E-state index contributed by atoms with van der Waals surface area (Å²) in [7, 11) is 1.78. The van der Waals surface area contributed by atoms with Crippen LogP contribution in [0.5, 0.6) is 0 Å². The van der Waals surface area contributed by atoms with Crippen LogP contribution < -0.4 is 0 Å².